The van der Waals surface area contributed by atoms with E-state index in [4.69, 9.17) is 4.74 Å². The van der Waals surface area contributed by atoms with E-state index < -0.39 is 0 Å². The summed E-state index contributed by atoms with van der Waals surface area (Å²) in [6.07, 6.45) is 5.02. The van der Waals surface area contributed by atoms with Crippen molar-refractivity contribution in [3.8, 4) is 0 Å². The van der Waals surface area contributed by atoms with Crippen LogP contribution >= 0.6 is 0 Å². The summed E-state index contributed by atoms with van der Waals surface area (Å²) >= 11 is 0. The van der Waals surface area contributed by atoms with Gasteiger partial charge in [0.1, 0.15) is 0 Å². The predicted molar refractivity (Wildman–Crippen MR) is 60.5 cm³/mol. The molecule has 0 amide bonds. The highest BCUT2D eigenvalue weighted by Gasteiger charge is 2.45. The summed E-state index contributed by atoms with van der Waals surface area (Å²) in [5, 5.41) is 3.45. The molecule has 1 unspecified atom stereocenters. The quantitative estimate of drug-likeness (QED) is 0.754. The zero-order chi connectivity index (χ0) is 10.8. The van der Waals surface area contributed by atoms with Crippen LogP contribution in [0, 0.1) is 5.41 Å². The van der Waals surface area contributed by atoms with Crippen LogP contribution in [0.5, 0.6) is 0 Å². The van der Waals surface area contributed by atoms with Crippen LogP contribution < -0.4 is 5.32 Å². The number of rotatable bonds is 3. The molecule has 0 bridgehead atoms. The first-order chi connectivity index (χ1) is 6.46. The van der Waals surface area contributed by atoms with Gasteiger partial charge < -0.3 is 10.1 Å². The third-order valence-corrected chi connectivity index (χ3v) is 3.54. The molecule has 0 aromatic heterocycles. The van der Waals surface area contributed by atoms with Crippen molar-refractivity contribution in [1.82, 2.24) is 5.32 Å². The fraction of sp³-hybridized carbons (Fsp3) is 1.00. The number of hydrogen-bond acceptors (Lipinski definition) is 2. The zero-order valence-corrected chi connectivity index (χ0v) is 10.3. The Labute approximate surface area is 88.4 Å². The Morgan fingerprint density at radius 3 is 2.00 bits per heavy atom. The molecule has 1 rings (SSSR count). The summed E-state index contributed by atoms with van der Waals surface area (Å²) < 4.78 is 5.82. The van der Waals surface area contributed by atoms with Gasteiger partial charge in [-0.25, -0.2) is 0 Å². The van der Waals surface area contributed by atoms with E-state index in [0.717, 1.165) is 0 Å². The van der Waals surface area contributed by atoms with Gasteiger partial charge in [-0.1, -0.05) is 33.6 Å². The molecule has 0 spiro atoms. The molecule has 1 N–H and O–H groups in total. The van der Waals surface area contributed by atoms with E-state index in [0.29, 0.717) is 6.04 Å². The van der Waals surface area contributed by atoms with Crippen LogP contribution in [0.4, 0.5) is 0 Å². The minimum Gasteiger partial charge on any atom is -0.377 e. The second kappa shape index (κ2) is 4.19. The highest BCUT2D eigenvalue weighted by atomic mass is 16.5. The molecular formula is C12H25NO. The standard InChI is InChI=1S/C12H25NO/c1-11(2,3)10(13-4)12(14-5)8-6-7-9-12/h10,13H,6-9H2,1-5H3. The van der Waals surface area contributed by atoms with Gasteiger partial charge in [0.2, 0.25) is 0 Å². The van der Waals surface area contributed by atoms with Crippen molar-refractivity contribution in [2.24, 2.45) is 5.41 Å². The molecule has 0 aromatic rings. The lowest BCUT2D eigenvalue weighted by Gasteiger charge is -2.44. The van der Waals surface area contributed by atoms with Crippen molar-refractivity contribution in [1.29, 1.82) is 0 Å². The second-order valence-corrected chi connectivity index (χ2v) is 5.56. The molecule has 14 heavy (non-hydrogen) atoms. The Balaban J connectivity index is 2.85. The fourth-order valence-electron chi connectivity index (χ4n) is 3.07. The molecule has 2 nitrogen and oxygen atoms in total. The average Bonchev–Trinajstić information content (AvgIpc) is 2.53. The summed E-state index contributed by atoms with van der Waals surface area (Å²) in [7, 11) is 3.91. The lowest BCUT2D eigenvalue weighted by Crippen LogP contribution is -2.56. The molecule has 1 fully saturated rings. The normalized spacial score (nSPS) is 23.8. The van der Waals surface area contributed by atoms with Gasteiger partial charge in [0.15, 0.2) is 0 Å². The van der Waals surface area contributed by atoms with Crippen molar-refractivity contribution in [2.75, 3.05) is 14.2 Å². The maximum absolute atomic E-state index is 5.82. The minimum atomic E-state index is 0.0764. The number of ether oxygens (including phenoxy) is 1. The Bertz CT molecular complexity index is 177. The first-order valence-electron chi connectivity index (χ1n) is 5.69. The molecule has 0 aromatic carbocycles. The van der Waals surface area contributed by atoms with E-state index in [9.17, 15) is 0 Å². The molecule has 1 atom stereocenters. The van der Waals surface area contributed by atoms with Crippen molar-refractivity contribution < 1.29 is 4.74 Å². The van der Waals surface area contributed by atoms with Crippen molar-refractivity contribution in [2.45, 2.75) is 58.1 Å². The summed E-state index contributed by atoms with van der Waals surface area (Å²) in [5.74, 6) is 0. The average molecular weight is 199 g/mol. The summed E-state index contributed by atoms with van der Waals surface area (Å²) in [6, 6.07) is 0.447. The highest BCUT2D eigenvalue weighted by Crippen LogP contribution is 2.41. The Kier molecular flexibility index (Phi) is 3.59. The summed E-state index contributed by atoms with van der Waals surface area (Å²) in [4.78, 5) is 0. The molecule has 0 saturated heterocycles. The van der Waals surface area contributed by atoms with E-state index >= 15 is 0 Å². The molecule has 1 saturated carbocycles. The smallest absolute Gasteiger partial charge is 0.0835 e. The third kappa shape index (κ3) is 2.12. The van der Waals surface area contributed by atoms with E-state index in [1.807, 2.05) is 7.11 Å². The Morgan fingerprint density at radius 2 is 1.71 bits per heavy atom. The van der Waals surface area contributed by atoms with Gasteiger partial charge in [0.25, 0.3) is 0 Å². The van der Waals surface area contributed by atoms with Crippen LogP contribution in [0.15, 0.2) is 0 Å². The third-order valence-electron chi connectivity index (χ3n) is 3.54. The van der Waals surface area contributed by atoms with Crippen LogP contribution in [0.25, 0.3) is 0 Å². The van der Waals surface area contributed by atoms with Gasteiger partial charge >= 0.3 is 0 Å². The molecule has 1 aliphatic rings. The molecule has 1 aliphatic carbocycles. The van der Waals surface area contributed by atoms with Crippen molar-refractivity contribution >= 4 is 0 Å². The maximum Gasteiger partial charge on any atom is 0.0835 e. The van der Waals surface area contributed by atoms with E-state index in [2.05, 4.69) is 33.1 Å². The van der Waals surface area contributed by atoms with Gasteiger partial charge in [-0.05, 0) is 25.3 Å². The number of hydrogen-bond donors (Lipinski definition) is 1. The largest absolute Gasteiger partial charge is 0.377 e. The second-order valence-electron chi connectivity index (χ2n) is 5.56. The van der Waals surface area contributed by atoms with Crippen molar-refractivity contribution in [3.63, 3.8) is 0 Å². The summed E-state index contributed by atoms with van der Waals surface area (Å²) in [5.41, 5.74) is 0.335. The van der Waals surface area contributed by atoms with Crippen LogP contribution in [0.2, 0.25) is 0 Å². The van der Waals surface area contributed by atoms with E-state index in [1.165, 1.54) is 25.7 Å². The topological polar surface area (TPSA) is 21.3 Å². The SMILES string of the molecule is CNC(C(C)(C)C)C1(OC)CCCC1. The molecular weight excluding hydrogens is 174 g/mol. The molecule has 0 heterocycles. The maximum atomic E-state index is 5.82. The lowest BCUT2D eigenvalue weighted by atomic mass is 9.75. The molecule has 0 radical (unpaired) electrons. The Morgan fingerprint density at radius 1 is 1.21 bits per heavy atom. The Hall–Kier alpha value is -0.0800. The summed E-state index contributed by atoms with van der Waals surface area (Å²) in [6.45, 7) is 6.85. The van der Waals surface area contributed by atoms with Gasteiger partial charge in [-0.15, -0.1) is 0 Å². The lowest BCUT2D eigenvalue weighted by molar-refractivity contribution is -0.0629. The zero-order valence-electron chi connectivity index (χ0n) is 10.3. The molecule has 0 aliphatic heterocycles. The highest BCUT2D eigenvalue weighted by molar-refractivity contribution is 5.01. The van der Waals surface area contributed by atoms with Gasteiger partial charge in [0, 0.05) is 13.2 Å². The molecule has 84 valence electrons. The van der Waals surface area contributed by atoms with E-state index in [-0.39, 0.29) is 11.0 Å². The van der Waals surface area contributed by atoms with Crippen LogP contribution in [-0.2, 0) is 4.74 Å². The van der Waals surface area contributed by atoms with E-state index in [1.54, 1.807) is 0 Å². The first kappa shape index (κ1) is 12.0. The van der Waals surface area contributed by atoms with Crippen LogP contribution in [0.3, 0.4) is 0 Å². The number of methoxy groups -OCH3 is 1. The van der Waals surface area contributed by atoms with Crippen LogP contribution in [0.1, 0.15) is 46.5 Å². The fourth-order valence-corrected chi connectivity index (χ4v) is 3.07. The van der Waals surface area contributed by atoms with Crippen LogP contribution in [-0.4, -0.2) is 25.8 Å². The van der Waals surface area contributed by atoms with Crippen molar-refractivity contribution in [3.05, 3.63) is 0 Å². The van der Waals surface area contributed by atoms with Gasteiger partial charge in [-0.3, -0.25) is 0 Å². The molecule has 2 heteroatoms. The van der Waals surface area contributed by atoms with Gasteiger partial charge in [0.05, 0.1) is 5.60 Å². The number of likely N-dealkylation sites (N-methyl/N-ethyl adjacent to an activating group) is 1. The predicted octanol–water partition coefficient (Wildman–Crippen LogP) is 2.58. The number of nitrogens with one attached hydrogen (secondary N) is 1. The first-order valence-corrected chi connectivity index (χ1v) is 5.69. The minimum absolute atomic E-state index is 0.0764. The van der Waals surface area contributed by atoms with Gasteiger partial charge in [-0.2, -0.15) is 0 Å². The monoisotopic (exact) mass is 199 g/mol.